The summed E-state index contributed by atoms with van der Waals surface area (Å²) < 4.78 is 4.25. The minimum absolute atomic E-state index is 0.484. The number of carbonyl (C=O) groups excluding carboxylic acids is 1. The first kappa shape index (κ1) is 16.8. The second-order valence-electron chi connectivity index (χ2n) is 3.79. The van der Waals surface area contributed by atoms with Gasteiger partial charge in [-0.1, -0.05) is 30.3 Å². The fourth-order valence-electron chi connectivity index (χ4n) is 1.26. The molecule has 0 heterocycles. The minimum atomic E-state index is -0.597. The Hall–Kier alpha value is -1.16. The lowest BCUT2D eigenvalue weighted by atomic mass is 10.0. The van der Waals surface area contributed by atoms with Crippen LogP contribution in [0.3, 0.4) is 0 Å². The Labute approximate surface area is 113 Å². The lowest BCUT2D eigenvalue weighted by molar-refractivity contribution is -0.105. The Kier molecular flexibility index (Phi) is 9.19. The highest BCUT2D eigenvalue weighted by molar-refractivity contribution is 6.30. The maximum atomic E-state index is 10.3. The van der Waals surface area contributed by atoms with Crippen LogP contribution in [0.25, 0.3) is 0 Å². The molecule has 0 amide bonds. The van der Waals surface area contributed by atoms with Crippen molar-refractivity contribution in [3.63, 3.8) is 0 Å². The van der Waals surface area contributed by atoms with E-state index in [1.54, 1.807) is 38.5 Å². The van der Waals surface area contributed by atoms with Gasteiger partial charge in [0.25, 0.3) is 0 Å². The van der Waals surface area contributed by atoms with E-state index < -0.39 is 6.10 Å². The van der Waals surface area contributed by atoms with Crippen molar-refractivity contribution in [3.05, 3.63) is 47.0 Å². The molecule has 0 spiro atoms. The van der Waals surface area contributed by atoms with Crippen molar-refractivity contribution >= 4 is 17.9 Å². The van der Waals surface area contributed by atoms with Gasteiger partial charge in [0, 0.05) is 19.2 Å². The lowest BCUT2D eigenvalue weighted by Crippen LogP contribution is -1.98. The molecule has 0 fully saturated rings. The maximum Gasteiger partial charge on any atom is 0.145 e. The standard InChI is InChI=1S/C12H13ClO2.C2H6O/c1-9(8-14)5-6-12(15)10-3-2-4-11(13)7-10;1-3-2/h2-4,7-8,12,15H,1,5-6H2;1-2H3. The molecule has 0 radical (unpaired) electrons. The number of carbonyl (C=O) groups is 1. The number of halogens is 1. The van der Waals surface area contributed by atoms with Crippen LogP contribution in [-0.4, -0.2) is 25.6 Å². The third kappa shape index (κ3) is 7.22. The van der Waals surface area contributed by atoms with Gasteiger partial charge in [0.2, 0.25) is 0 Å². The predicted octanol–water partition coefficient (Wildman–Crippen LogP) is 3.17. The molecule has 18 heavy (non-hydrogen) atoms. The zero-order valence-corrected chi connectivity index (χ0v) is 11.5. The quantitative estimate of drug-likeness (QED) is 0.660. The Balaban J connectivity index is 0.000000873. The van der Waals surface area contributed by atoms with Crippen molar-refractivity contribution in [2.45, 2.75) is 18.9 Å². The molecule has 1 unspecified atom stereocenters. The molecule has 0 saturated heterocycles. The third-order valence-electron chi connectivity index (χ3n) is 2.14. The van der Waals surface area contributed by atoms with Gasteiger partial charge in [-0.15, -0.1) is 0 Å². The number of allylic oxidation sites excluding steroid dienone is 1. The van der Waals surface area contributed by atoms with Crippen molar-refractivity contribution < 1.29 is 14.6 Å². The van der Waals surface area contributed by atoms with Crippen LogP contribution in [-0.2, 0) is 9.53 Å². The van der Waals surface area contributed by atoms with Crippen LogP contribution in [0, 0.1) is 0 Å². The third-order valence-corrected chi connectivity index (χ3v) is 2.37. The molecule has 3 nitrogen and oxygen atoms in total. The fourth-order valence-corrected chi connectivity index (χ4v) is 1.46. The fraction of sp³-hybridized carbons (Fsp3) is 0.357. The molecular weight excluding hydrogens is 252 g/mol. The van der Waals surface area contributed by atoms with Crippen molar-refractivity contribution in [1.82, 2.24) is 0 Å². The summed E-state index contributed by atoms with van der Waals surface area (Å²) in [7, 11) is 3.25. The number of methoxy groups -OCH3 is 1. The van der Waals surface area contributed by atoms with E-state index in [0.29, 0.717) is 29.7 Å². The first-order valence-corrected chi connectivity index (χ1v) is 5.89. The molecule has 0 saturated carbocycles. The number of benzene rings is 1. The van der Waals surface area contributed by atoms with E-state index in [9.17, 15) is 9.90 Å². The number of ether oxygens (including phenoxy) is 1. The maximum absolute atomic E-state index is 10.3. The van der Waals surface area contributed by atoms with Gasteiger partial charge in [-0.3, -0.25) is 4.79 Å². The van der Waals surface area contributed by atoms with E-state index in [1.807, 2.05) is 0 Å². The predicted molar refractivity (Wildman–Crippen MR) is 73.8 cm³/mol. The molecule has 0 aliphatic rings. The molecule has 0 aliphatic heterocycles. The second kappa shape index (κ2) is 9.83. The van der Waals surface area contributed by atoms with E-state index in [4.69, 9.17) is 11.6 Å². The van der Waals surface area contributed by atoms with Gasteiger partial charge in [-0.2, -0.15) is 0 Å². The summed E-state index contributed by atoms with van der Waals surface area (Å²) in [5.41, 5.74) is 1.26. The number of hydrogen-bond acceptors (Lipinski definition) is 3. The van der Waals surface area contributed by atoms with Crippen molar-refractivity contribution in [2.24, 2.45) is 0 Å². The van der Waals surface area contributed by atoms with E-state index in [-0.39, 0.29) is 0 Å². The van der Waals surface area contributed by atoms with Crippen molar-refractivity contribution in [1.29, 1.82) is 0 Å². The van der Waals surface area contributed by atoms with Gasteiger partial charge in [-0.05, 0) is 36.1 Å². The number of aliphatic hydroxyl groups is 1. The van der Waals surface area contributed by atoms with Gasteiger partial charge in [0.15, 0.2) is 0 Å². The molecule has 0 aliphatic carbocycles. The molecule has 100 valence electrons. The molecule has 0 bridgehead atoms. The second-order valence-corrected chi connectivity index (χ2v) is 4.23. The zero-order valence-electron chi connectivity index (χ0n) is 10.7. The van der Waals surface area contributed by atoms with E-state index in [2.05, 4.69) is 11.3 Å². The Morgan fingerprint density at radius 1 is 1.56 bits per heavy atom. The SMILES string of the molecule is C=C(C=O)CCC(O)c1cccc(Cl)c1.COC. The summed E-state index contributed by atoms with van der Waals surface area (Å²) in [5.74, 6) is 0. The Morgan fingerprint density at radius 3 is 2.67 bits per heavy atom. The van der Waals surface area contributed by atoms with Crippen LogP contribution in [0.15, 0.2) is 36.4 Å². The number of aliphatic hydroxyl groups excluding tert-OH is 1. The number of hydrogen-bond donors (Lipinski definition) is 1. The van der Waals surface area contributed by atoms with Gasteiger partial charge >= 0.3 is 0 Å². The van der Waals surface area contributed by atoms with Crippen LogP contribution in [0.1, 0.15) is 24.5 Å². The number of aldehydes is 1. The van der Waals surface area contributed by atoms with E-state index >= 15 is 0 Å². The smallest absolute Gasteiger partial charge is 0.145 e. The van der Waals surface area contributed by atoms with Gasteiger partial charge < -0.3 is 9.84 Å². The molecule has 1 aromatic rings. The highest BCUT2D eigenvalue weighted by atomic mass is 35.5. The molecule has 1 rings (SSSR count). The van der Waals surface area contributed by atoms with Crippen molar-refractivity contribution in [3.8, 4) is 0 Å². The molecule has 1 atom stereocenters. The minimum Gasteiger partial charge on any atom is -0.388 e. The van der Waals surface area contributed by atoms with Gasteiger partial charge in [-0.25, -0.2) is 0 Å². The first-order chi connectivity index (χ1) is 8.54. The average Bonchev–Trinajstić information content (AvgIpc) is 2.36. The average molecular weight is 271 g/mol. The van der Waals surface area contributed by atoms with Crippen LogP contribution < -0.4 is 0 Å². The van der Waals surface area contributed by atoms with E-state index in [1.165, 1.54) is 0 Å². The van der Waals surface area contributed by atoms with Gasteiger partial charge in [0.1, 0.15) is 6.29 Å². The summed E-state index contributed by atoms with van der Waals surface area (Å²) in [6.07, 6.45) is 1.10. The van der Waals surface area contributed by atoms with Crippen LogP contribution >= 0.6 is 11.6 Å². The normalized spacial score (nSPS) is 11.1. The Morgan fingerprint density at radius 2 is 2.17 bits per heavy atom. The van der Waals surface area contributed by atoms with Crippen LogP contribution in [0.2, 0.25) is 5.02 Å². The largest absolute Gasteiger partial charge is 0.388 e. The zero-order chi connectivity index (χ0) is 14.0. The summed E-state index contributed by atoms with van der Waals surface area (Å²) >= 11 is 5.79. The monoisotopic (exact) mass is 270 g/mol. The highest BCUT2D eigenvalue weighted by Crippen LogP contribution is 2.22. The summed E-state index contributed by atoms with van der Waals surface area (Å²) in [5, 5.41) is 10.4. The summed E-state index contributed by atoms with van der Waals surface area (Å²) in [4.78, 5) is 10.3. The summed E-state index contributed by atoms with van der Waals surface area (Å²) in [6, 6.07) is 7.06. The Bertz CT molecular complexity index is 377. The van der Waals surface area contributed by atoms with Gasteiger partial charge in [0.05, 0.1) is 6.10 Å². The van der Waals surface area contributed by atoms with E-state index in [0.717, 1.165) is 5.56 Å². The van der Waals surface area contributed by atoms with Crippen molar-refractivity contribution in [2.75, 3.05) is 14.2 Å². The first-order valence-electron chi connectivity index (χ1n) is 5.51. The molecular formula is C14H19ClO3. The lowest BCUT2D eigenvalue weighted by Gasteiger charge is -2.10. The number of rotatable bonds is 5. The summed E-state index contributed by atoms with van der Waals surface area (Å²) in [6.45, 7) is 3.55. The van der Waals surface area contributed by atoms with Crippen LogP contribution in [0.4, 0.5) is 0 Å². The molecule has 4 heteroatoms. The highest BCUT2D eigenvalue weighted by Gasteiger charge is 2.07. The van der Waals surface area contributed by atoms with Crippen LogP contribution in [0.5, 0.6) is 0 Å². The molecule has 1 N–H and O–H groups in total. The molecule has 0 aromatic heterocycles. The topological polar surface area (TPSA) is 46.5 Å². The molecule has 1 aromatic carbocycles.